The topological polar surface area (TPSA) is 115 Å². The summed E-state index contributed by atoms with van der Waals surface area (Å²) in [5.74, 6) is -0.367. The molecule has 1 saturated heterocycles. The van der Waals surface area contributed by atoms with Crippen molar-refractivity contribution in [1.82, 2.24) is 9.29 Å². The number of carbonyl (C=O) groups excluding carboxylic acids is 2. The van der Waals surface area contributed by atoms with Crippen molar-refractivity contribution in [2.24, 2.45) is 0 Å². The molecule has 35 heavy (non-hydrogen) atoms. The Morgan fingerprint density at radius 2 is 1.71 bits per heavy atom. The van der Waals surface area contributed by atoms with Gasteiger partial charge in [0.05, 0.1) is 23.3 Å². The zero-order valence-electron chi connectivity index (χ0n) is 19.1. The number of amides is 1. The molecule has 2 aromatic carbocycles. The van der Waals surface area contributed by atoms with Gasteiger partial charge in [-0.15, -0.1) is 0 Å². The summed E-state index contributed by atoms with van der Waals surface area (Å²) in [7, 11) is -2.48. The number of sulfonamides is 1. The first-order chi connectivity index (χ1) is 16.9. The van der Waals surface area contributed by atoms with Crippen molar-refractivity contribution in [1.29, 1.82) is 0 Å². The van der Waals surface area contributed by atoms with E-state index in [0.29, 0.717) is 18.8 Å². The molecule has 10 heteroatoms. The van der Waals surface area contributed by atoms with Gasteiger partial charge in [-0.3, -0.25) is 9.78 Å². The molecule has 0 radical (unpaired) electrons. The van der Waals surface area contributed by atoms with Crippen LogP contribution in [0.15, 0.2) is 71.8 Å². The van der Waals surface area contributed by atoms with E-state index in [0.717, 1.165) is 19.3 Å². The fourth-order valence-corrected chi connectivity index (χ4v) is 5.22. The maximum Gasteiger partial charge on any atom is 0.339 e. The molecule has 3 aromatic rings. The molecular formula is C25H25N3O6S. The summed E-state index contributed by atoms with van der Waals surface area (Å²) < 4.78 is 38.4. The highest BCUT2D eigenvalue weighted by Gasteiger charge is 2.27. The molecule has 4 rings (SSSR count). The summed E-state index contributed by atoms with van der Waals surface area (Å²) in [5, 5.41) is 2.70. The van der Waals surface area contributed by atoms with E-state index in [2.05, 4.69) is 15.0 Å². The Kier molecular flexibility index (Phi) is 7.42. The third kappa shape index (κ3) is 5.67. The predicted octanol–water partition coefficient (Wildman–Crippen LogP) is 4.09. The summed E-state index contributed by atoms with van der Waals surface area (Å²) in [6, 6.07) is 16.1. The number of methoxy groups -OCH3 is 1. The number of pyridine rings is 1. The summed E-state index contributed by atoms with van der Waals surface area (Å²) >= 11 is 0. The Balaban J connectivity index is 1.65. The lowest BCUT2D eigenvalue weighted by atomic mass is 10.2. The molecule has 1 amide bonds. The average Bonchev–Trinajstić information content (AvgIpc) is 2.90. The minimum atomic E-state index is -3.73. The standard InChI is InChI=1S/C25H25N3O6S/c1-33-25(30)18-10-12-21(26-17-18)24(29)27-22-16-20(35(31,32)28-14-6-3-7-15-28)11-13-23(22)34-19-8-4-2-5-9-19/h2,4-5,8-13,16-17H,3,6-7,14-15H2,1H3,(H,27,29). The molecule has 0 bridgehead atoms. The second-order valence-electron chi connectivity index (χ2n) is 7.92. The molecule has 0 saturated carbocycles. The fourth-order valence-electron chi connectivity index (χ4n) is 3.68. The van der Waals surface area contributed by atoms with Crippen molar-refractivity contribution in [3.63, 3.8) is 0 Å². The Labute approximate surface area is 203 Å². The Hall–Kier alpha value is -3.76. The van der Waals surface area contributed by atoms with Crippen LogP contribution in [0.5, 0.6) is 11.5 Å². The van der Waals surface area contributed by atoms with Crippen LogP contribution < -0.4 is 10.1 Å². The van der Waals surface area contributed by atoms with E-state index in [4.69, 9.17) is 4.74 Å². The van der Waals surface area contributed by atoms with Crippen LogP contribution in [0.2, 0.25) is 0 Å². The van der Waals surface area contributed by atoms with Crippen molar-refractivity contribution in [2.75, 3.05) is 25.5 Å². The van der Waals surface area contributed by atoms with Gasteiger partial charge in [-0.1, -0.05) is 24.6 Å². The van der Waals surface area contributed by atoms with Crippen LogP contribution in [0.1, 0.15) is 40.1 Å². The predicted molar refractivity (Wildman–Crippen MR) is 129 cm³/mol. The normalized spacial score (nSPS) is 14.2. The lowest BCUT2D eigenvalue weighted by Crippen LogP contribution is -2.35. The average molecular weight is 496 g/mol. The third-order valence-corrected chi connectivity index (χ3v) is 7.43. The number of carbonyl (C=O) groups is 2. The smallest absolute Gasteiger partial charge is 0.339 e. The lowest BCUT2D eigenvalue weighted by Gasteiger charge is -2.26. The molecule has 2 heterocycles. The Bertz CT molecular complexity index is 1300. The zero-order chi connectivity index (χ0) is 24.8. The monoisotopic (exact) mass is 495 g/mol. The number of ether oxygens (including phenoxy) is 2. The van der Waals surface area contributed by atoms with E-state index in [-0.39, 0.29) is 27.6 Å². The first-order valence-electron chi connectivity index (χ1n) is 11.1. The lowest BCUT2D eigenvalue weighted by molar-refractivity contribution is 0.0600. The molecule has 1 fully saturated rings. The fraction of sp³-hybridized carbons (Fsp3) is 0.240. The number of rotatable bonds is 7. The van der Waals surface area contributed by atoms with Crippen molar-refractivity contribution < 1.29 is 27.5 Å². The van der Waals surface area contributed by atoms with E-state index >= 15 is 0 Å². The van der Waals surface area contributed by atoms with E-state index in [1.165, 1.54) is 47.9 Å². The quantitative estimate of drug-likeness (QED) is 0.491. The number of aromatic nitrogens is 1. The minimum absolute atomic E-state index is 0.0348. The van der Waals surface area contributed by atoms with Crippen LogP contribution in [0.25, 0.3) is 0 Å². The first kappa shape index (κ1) is 24.4. The van der Waals surface area contributed by atoms with Crippen LogP contribution in [0.4, 0.5) is 5.69 Å². The van der Waals surface area contributed by atoms with Crippen LogP contribution in [0.3, 0.4) is 0 Å². The van der Waals surface area contributed by atoms with Gasteiger partial charge in [0.25, 0.3) is 5.91 Å². The summed E-state index contributed by atoms with van der Waals surface area (Å²) in [6.07, 6.45) is 3.86. The van der Waals surface area contributed by atoms with Gasteiger partial charge in [0, 0.05) is 19.3 Å². The second-order valence-corrected chi connectivity index (χ2v) is 9.85. The van der Waals surface area contributed by atoms with Gasteiger partial charge in [-0.05, 0) is 55.3 Å². The molecule has 1 N–H and O–H groups in total. The van der Waals surface area contributed by atoms with E-state index in [1.54, 1.807) is 24.3 Å². The SMILES string of the molecule is COC(=O)c1ccc(C(=O)Nc2cc(S(=O)(=O)N3CCCCC3)ccc2Oc2ccccc2)nc1. The number of benzene rings is 2. The van der Waals surface area contributed by atoms with Crippen molar-refractivity contribution in [2.45, 2.75) is 24.2 Å². The number of para-hydroxylation sites is 1. The van der Waals surface area contributed by atoms with Gasteiger partial charge in [0.2, 0.25) is 10.0 Å². The zero-order valence-corrected chi connectivity index (χ0v) is 20.0. The number of nitrogens with zero attached hydrogens (tertiary/aromatic N) is 2. The molecule has 9 nitrogen and oxygen atoms in total. The van der Waals surface area contributed by atoms with Crippen LogP contribution in [-0.2, 0) is 14.8 Å². The molecule has 1 aliphatic heterocycles. The highest BCUT2D eigenvalue weighted by atomic mass is 32.2. The van der Waals surface area contributed by atoms with Crippen molar-refractivity contribution >= 4 is 27.6 Å². The molecule has 0 aliphatic carbocycles. The van der Waals surface area contributed by atoms with Crippen LogP contribution in [-0.4, -0.2) is 49.8 Å². The van der Waals surface area contributed by atoms with Crippen molar-refractivity contribution in [3.8, 4) is 11.5 Å². The number of anilines is 1. The van der Waals surface area contributed by atoms with Gasteiger partial charge in [-0.25, -0.2) is 13.2 Å². The number of piperidine rings is 1. The number of hydrogen-bond acceptors (Lipinski definition) is 7. The van der Waals surface area contributed by atoms with Crippen LogP contribution >= 0.6 is 0 Å². The molecule has 0 unspecified atom stereocenters. The number of hydrogen-bond donors (Lipinski definition) is 1. The van der Waals surface area contributed by atoms with Gasteiger partial charge in [0.1, 0.15) is 11.4 Å². The second kappa shape index (κ2) is 10.7. The maximum absolute atomic E-state index is 13.2. The Morgan fingerprint density at radius 1 is 0.971 bits per heavy atom. The molecule has 0 atom stereocenters. The molecular weight excluding hydrogens is 470 g/mol. The molecule has 0 spiro atoms. The van der Waals surface area contributed by atoms with E-state index in [1.807, 2.05) is 6.07 Å². The first-order valence-corrected chi connectivity index (χ1v) is 12.6. The van der Waals surface area contributed by atoms with Gasteiger partial charge in [0.15, 0.2) is 5.75 Å². The highest BCUT2D eigenvalue weighted by Crippen LogP contribution is 2.33. The molecule has 1 aromatic heterocycles. The minimum Gasteiger partial charge on any atom is -0.465 e. The summed E-state index contributed by atoms with van der Waals surface area (Å²) in [5.41, 5.74) is 0.412. The highest BCUT2D eigenvalue weighted by molar-refractivity contribution is 7.89. The molecule has 182 valence electrons. The van der Waals surface area contributed by atoms with E-state index < -0.39 is 21.9 Å². The third-order valence-electron chi connectivity index (χ3n) is 5.54. The van der Waals surface area contributed by atoms with Gasteiger partial charge < -0.3 is 14.8 Å². The molecule has 1 aliphatic rings. The van der Waals surface area contributed by atoms with E-state index in [9.17, 15) is 18.0 Å². The van der Waals surface area contributed by atoms with Gasteiger partial charge >= 0.3 is 5.97 Å². The van der Waals surface area contributed by atoms with Crippen molar-refractivity contribution in [3.05, 3.63) is 78.1 Å². The van der Waals surface area contributed by atoms with Gasteiger partial charge in [-0.2, -0.15) is 4.31 Å². The largest absolute Gasteiger partial charge is 0.465 e. The maximum atomic E-state index is 13.2. The summed E-state index contributed by atoms with van der Waals surface area (Å²) in [4.78, 5) is 28.6. The van der Waals surface area contributed by atoms with Crippen LogP contribution in [0, 0.1) is 0 Å². The number of esters is 1. The Morgan fingerprint density at radius 3 is 2.37 bits per heavy atom. The number of nitrogens with one attached hydrogen (secondary N) is 1. The summed E-state index contributed by atoms with van der Waals surface area (Å²) in [6.45, 7) is 0.922.